The Hall–Kier alpha value is -3.50. The van der Waals surface area contributed by atoms with Crippen molar-refractivity contribution in [1.82, 2.24) is 15.1 Å². The van der Waals surface area contributed by atoms with Crippen LogP contribution in [0.1, 0.15) is 59.1 Å². The van der Waals surface area contributed by atoms with E-state index >= 15 is 0 Å². The molecule has 1 unspecified atom stereocenters. The van der Waals surface area contributed by atoms with E-state index in [1.807, 2.05) is 0 Å². The van der Waals surface area contributed by atoms with E-state index in [4.69, 9.17) is 13.9 Å². The van der Waals surface area contributed by atoms with Crippen molar-refractivity contribution in [1.29, 1.82) is 0 Å². The predicted octanol–water partition coefficient (Wildman–Crippen LogP) is 4.91. The Morgan fingerprint density at radius 3 is 2.47 bits per heavy atom. The van der Waals surface area contributed by atoms with Crippen molar-refractivity contribution in [2.45, 2.75) is 32.4 Å². The van der Waals surface area contributed by atoms with Gasteiger partial charge in [-0.05, 0) is 43.3 Å². The highest BCUT2D eigenvalue weighted by Gasteiger charge is 2.23. The molecule has 0 radical (unpaired) electrons. The number of rotatable bonds is 9. The molecule has 0 saturated heterocycles. The van der Waals surface area contributed by atoms with Gasteiger partial charge in [-0.3, -0.25) is 9.48 Å². The number of carbonyl (C=O) groups excluding carboxylic acids is 1. The van der Waals surface area contributed by atoms with Crippen LogP contribution in [0.25, 0.3) is 0 Å². The molecule has 1 aromatic carbocycles. The zero-order valence-corrected chi connectivity index (χ0v) is 17.4. The number of nitrogens with zero attached hydrogens (tertiary/aromatic N) is 2. The Balaban J connectivity index is 1.74. The fourth-order valence-corrected chi connectivity index (χ4v) is 3.12. The third-order valence-corrected chi connectivity index (χ3v) is 4.72. The Morgan fingerprint density at radius 2 is 1.84 bits per heavy atom. The van der Waals surface area contributed by atoms with Gasteiger partial charge in [0.2, 0.25) is 0 Å². The lowest BCUT2D eigenvalue weighted by atomic mass is 10.1. The van der Waals surface area contributed by atoms with Crippen molar-refractivity contribution in [3.05, 3.63) is 64.9 Å². The Labute approximate surface area is 180 Å². The molecular formula is C21H21F4N3O4. The molecule has 0 aliphatic heterocycles. The molecule has 172 valence electrons. The van der Waals surface area contributed by atoms with Gasteiger partial charge in [-0.25, -0.2) is 17.6 Å². The number of benzene rings is 1. The number of hydrogen-bond acceptors (Lipinski definition) is 5. The van der Waals surface area contributed by atoms with E-state index in [0.717, 1.165) is 4.68 Å². The molecule has 1 atom stereocenters. The maximum atomic E-state index is 13.1. The molecule has 0 fully saturated rings. The van der Waals surface area contributed by atoms with Gasteiger partial charge in [0.15, 0.2) is 5.76 Å². The number of alkyl halides is 4. The number of ether oxygens (including phenoxy) is 2. The number of halogens is 4. The van der Waals surface area contributed by atoms with Crippen molar-refractivity contribution in [3.63, 3.8) is 0 Å². The van der Waals surface area contributed by atoms with Gasteiger partial charge in [-0.15, -0.1) is 0 Å². The molecule has 11 heteroatoms. The first-order valence-electron chi connectivity index (χ1n) is 9.49. The topological polar surface area (TPSA) is 78.5 Å². The summed E-state index contributed by atoms with van der Waals surface area (Å²) in [5, 5.41) is 6.26. The summed E-state index contributed by atoms with van der Waals surface area (Å²) < 4.78 is 68.6. The first-order chi connectivity index (χ1) is 15.2. The standard InChI is InChI=1S/C21H21F4N3O4/c1-11(14-8-12(30-2)4-6-17(14)31-3)26-21(29)18-7-5-13(32-18)10-28-16(20(24)25)9-15(27-28)19(22)23/h4-9,11,19-20H,10H2,1-3H3,(H,26,29). The molecule has 3 aromatic rings. The molecule has 0 saturated carbocycles. The summed E-state index contributed by atoms with van der Waals surface area (Å²) in [6, 6.07) is 8.07. The molecule has 2 aromatic heterocycles. The maximum absolute atomic E-state index is 13.1. The van der Waals surface area contributed by atoms with Crippen LogP contribution in [0.15, 0.2) is 40.8 Å². The third kappa shape index (κ3) is 5.04. The fraction of sp³-hybridized carbons (Fsp3) is 0.333. The van der Waals surface area contributed by atoms with E-state index in [0.29, 0.717) is 23.1 Å². The van der Waals surface area contributed by atoms with Gasteiger partial charge in [-0.2, -0.15) is 5.10 Å². The number of methoxy groups -OCH3 is 2. The minimum Gasteiger partial charge on any atom is -0.497 e. The Bertz CT molecular complexity index is 1080. The molecule has 32 heavy (non-hydrogen) atoms. The molecule has 0 aliphatic rings. The van der Waals surface area contributed by atoms with Crippen LogP contribution < -0.4 is 14.8 Å². The highest BCUT2D eigenvalue weighted by atomic mass is 19.3. The van der Waals surface area contributed by atoms with Crippen molar-refractivity contribution >= 4 is 5.91 Å². The zero-order valence-electron chi connectivity index (χ0n) is 17.4. The number of carbonyl (C=O) groups is 1. The van der Waals surface area contributed by atoms with Gasteiger partial charge in [0.05, 0.1) is 26.8 Å². The number of amides is 1. The van der Waals surface area contributed by atoms with Gasteiger partial charge in [0, 0.05) is 5.56 Å². The van der Waals surface area contributed by atoms with E-state index in [2.05, 4.69) is 10.4 Å². The molecule has 0 bridgehead atoms. The summed E-state index contributed by atoms with van der Waals surface area (Å²) in [7, 11) is 3.02. The summed E-state index contributed by atoms with van der Waals surface area (Å²) in [5.74, 6) is 0.601. The lowest BCUT2D eigenvalue weighted by molar-refractivity contribution is 0.0908. The SMILES string of the molecule is COc1ccc(OC)c(C(C)NC(=O)c2ccc(Cn3nc(C(F)F)cc3C(F)F)o2)c1. The molecule has 3 rings (SSSR count). The molecule has 0 aliphatic carbocycles. The van der Waals surface area contributed by atoms with Crippen LogP contribution in [0.2, 0.25) is 0 Å². The van der Waals surface area contributed by atoms with E-state index in [9.17, 15) is 22.4 Å². The second-order valence-corrected chi connectivity index (χ2v) is 6.82. The molecule has 1 N–H and O–H groups in total. The van der Waals surface area contributed by atoms with Crippen LogP contribution in [-0.2, 0) is 6.54 Å². The second kappa shape index (κ2) is 9.75. The average Bonchev–Trinajstić information content (AvgIpc) is 3.41. The van der Waals surface area contributed by atoms with Gasteiger partial charge < -0.3 is 19.2 Å². The summed E-state index contributed by atoms with van der Waals surface area (Å²) in [4.78, 5) is 12.6. The number of aromatic nitrogens is 2. The minimum absolute atomic E-state index is 0.0754. The molecular weight excluding hydrogens is 434 g/mol. The van der Waals surface area contributed by atoms with Crippen molar-refractivity contribution < 1.29 is 36.2 Å². The van der Waals surface area contributed by atoms with Gasteiger partial charge >= 0.3 is 0 Å². The van der Waals surface area contributed by atoms with Crippen LogP contribution in [0.5, 0.6) is 11.5 Å². The van der Waals surface area contributed by atoms with Crippen LogP contribution in [0.3, 0.4) is 0 Å². The van der Waals surface area contributed by atoms with E-state index in [1.54, 1.807) is 25.1 Å². The van der Waals surface area contributed by atoms with Gasteiger partial charge in [-0.1, -0.05) is 0 Å². The van der Waals surface area contributed by atoms with Crippen LogP contribution in [0.4, 0.5) is 17.6 Å². The Morgan fingerprint density at radius 1 is 1.09 bits per heavy atom. The summed E-state index contributed by atoms with van der Waals surface area (Å²) >= 11 is 0. The van der Waals surface area contributed by atoms with Crippen molar-refractivity contribution in [3.8, 4) is 11.5 Å². The number of furan rings is 1. The van der Waals surface area contributed by atoms with Gasteiger partial charge in [0.1, 0.15) is 28.6 Å². The highest BCUT2D eigenvalue weighted by molar-refractivity contribution is 5.91. The monoisotopic (exact) mass is 455 g/mol. The normalized spacial score (nSPS) is 12.3. The second-order valence-electron chi connectivity index (χ2n) is 6.82. The van der Waals surface area contributed by atoms with E-state index in [1.165, 1.54) is 26.4 Å². The third-order valence-electron chi connectivity index (χ3n) is 4.72. The summed E-state index contributed by atoms with van der Waals surface area (Å²) in [6.07, 6.45) is -5.98. The lowest BCUT2D eigenvalue weighted by Gasteiger charge is -2.17. The highest BCUT2D eigenvalue weighted by Crippen LogP contribution is 2.30. The number of nitrogens with one attached hydrogen (secondary N) is 1. The number of hydrogen-bond donors (Lipinski definition) is 1. The molecule has 7 nitrogen and oxygen atoms in total. The van der Waals surface area contributed by atoms with Crippen molar-refractivity contribution in [2.24, 2.45) is 0 Å². The average molecular weight is 455 g/mol. The quantitative estimate of drug-likeness (QED) is 0.464. The molecule has 1 amide bonds. The first-order valence-corrected chi connectivity index (χ1v) is 9.49. The van der Waals surface area contributed by atoms with Crippen molar-refractivity contribution in [2.75, 3.05) is 14.2 Å². The van der Waals surface area contributed by atoms with Crippen LogP contribution in [0, 0.1) is 0 Å². The smallest absolute Gasteiger partial charge is 0.287 e. The van der Waals surface area contributed by atoms with Crippen LogP contribution in [-0.4, -0.2) is 29.9 Å². The summed E-state index contributed by atoms with van der Waals surface area (Å²) in [6.45, 7) is 1.41. The fourth-order valence-electron chi connectivity index (χ4n) is 3.12. The van der Waals surface area contributed by atoms with E-state index < -0.39 is 36.2 Å². The largest absolute Gasteiger partial charge is 0.497 e. The Kier molecular flexibility index (Phi) is 7.06. The minimum atomic E-state index is -2.99. The lowest BCUT2D eigenvalue weighted by Crippen LogP contribution is -2.26. The van der Waals surface area contributed by atoms with E-state index in [-0.39, 0.29) is 18.1 Å². The first kappa shape index (κ1) is 23.2. The zero-order chi connectivity index (χ0) is 23.4. The van der Waals surface area contributed by atoms with Gasteiger partial charge in [0.25, 0.3) is 18.8 Å². The molecule has 0 spiro atoms. The van der Waals surface area contributed by atoms with Crippen LogP contribution >= 0.6 is 0 Å². The summed E-state index contributed by atoms with van der Waals surface area (Å²) in [5.41, 5.74) is -0.753. The maximum Gasteiger partial charge on any atom is 0.287 e. The predicted molar refractivity (Wildman–Crippen MR) is 105 cm³/mol. The molecule has 2 heterocycles.